The van der Waals surface area contributed by atoms with Crippen LogP contribution in [0.4, 0.5) is 8.78 Å². The van der Waals surface area contributed by atoms with E-state index < -0.39 is 15.8 Å². The molecule has 0 aliphatic carbocycles. The Hall–Kier alpha value is -2.80. The second kappa shape index (κ2) is 10.0. The number of carbonyl (C=O) groups excluding carboxylic acids is 1. The van der Waals surface area contributed by atoms with Crippen LogP contribution >= 0.6 is 0 Å². The molecule has 0 unspecified atom stereocenters. The second-order valence-electron chi connectivity index (χ2n) is 7.21. The summed E-state index contributed by atoms with van der Waals surface area (Å²) in [6, 6.07) is 10.7. The van der Waals surface area contributed by atoms with Crippen LogP contribution in [0.5, 0.6) is 0 Å². The molecule has 0 atom stereocenters. The molecule has 0 aromatic heterocycles. The normalized spacial score (nSPS) is 15.1. The molecule has 0 bridgehead atoms. The van der Waals surface area contributed by atoms with Crippen LogP contribution in [0.1, 0.15) is 5.56 Å². The number of benzene rings is 2. The van der Waals surface area contributed by atoms with Gasteiger partial charge in [-0.15, -0.1) is 6.42 Å². The molecule has 0 N–H and O–H groups in total. The number of halogens is 2. The quantitative estimate of drug-likeness (QED) is 0.609. The summed E-state index contributed by atoms with van der Waals surface area (Å²) >= 11 is 0. The fourth-order valence-electron chi connectivity index (χ4n) is 3.37. The lowest BCUT2D eigenvalue weighted by Gasteiger charge is -2.35. The molecule has 3 rings (SSSR count). The number of rotatable bonds is 7. The smallest absolute Gasteiger partial charge is 0.243 e. The number of hydrogen-bond donors (Lipinski definition) is 0. The van der Waals surface area contributed by atoms with Crippen molar-refractivity contribution in [3.63, 3.8) is 0 Å². The minimum absolute atomic E-state index is 0.0215. The first-order valence-corrected chi connectivity index (χ1v) is 11.2. The number of piperazine rings is 1. The molecule has 0 spiro atoms. The van der Waals surface area contributed by atoms with Crippen molar-refractivity contribution in [2.24, 2.45) is 0 Å². The van der Waals surface area contributed by atoms with Crippen LogP contribution in [0.3, 0.4) is 0 Å². The summed E-state index contributed by atoms with van der Waals surface area (Å²) in [5.74, 6) is 1.52. The van der Waals surface area contributed by atoms with E-state index in [0.29, 0.717) is 6.54 Å². The Labute approximate surface area is 181 Å². The highest BCUT2D eigenvalue weighted by Gasteiger charge is 2.30. The molecule has 31 heavy (non-hydrogen) atoms. The van der Waals surface area contributed by atoms with Gasteiger partial charge in [-0.1, -0.05) is 18.1 Å². The van der Waals surface area contributed by atoms with E-state index in [2.05, 4.69) is 5.92 Å². The van der Waals surface area contributed by atoms with Crippen LogP contribution in [0.15, 0.2) is 53.4 Å². The number of terminal acetylenes is 1. The van der Waals surface area contributed by atoms with Crippen LogP contribution in [-0.4, -0.2) is 67.7 Å². The van der Waals surface area contributed by atoms with Crippen molar-refractivity contribution in [3.8, 4) is 12.3 Å². The first kappa shape index (κ1) is 22.9. The van der Waals surface area contributed by atoms with E-state index in [4.69, 9.17) is 6.42 Å². The van der Waals surface area contributed by atoms with Crippen LogP contribution in [0, 0.1) is 24.0 Å². The molecule has 1 amide bonds. The second-order valence-corrected chi connectivity index (χ2v) is 9.15. The minimum atomic E-state index is -3.74. The van der Waals surface area contributed by atoms with Crippen LogP contribution in [0.2, 0.25) is 0 Å². The maximum Gasteiger partial charge on any atom is 0.243 e. The Morgan fingerprint density at radius 2 is 1.52 bits per heavy atom. The Kier molecular flexibility index (Phi) is 7.38. The lowest BCUT2D eigenvalue weighted by molar-refractivity contribution is -0.133. The molecule has 1 heterocycles. The maximum absolute atomic E-state index is 13.1. The number of hydrogen-bond acceptors (Lipinski definition) is 4. The van der Waals surface area contributed by atoms with Gasteiger partial charge in [0.2, 0.25) is 15.9 Å². The molecule has 164 valence electrons. The highest BCUT2D eigenvalue weighted by atomic mass is 32.2. The van der Waals surface area contributed by atoms with Crippen molar-refractivity contribution in [3.05, 3.63) is 65.7 Å². The van der Waals surface area contributed by atoms with Gasteiger partial charge in [0.1, 0.15) is 11.6 Å². The van der Waals surface area contributed by atoms with Crippen LogP contribution < -0.4 is 0 Å². The average molecular weight is 448 g/mol. The molecular formula is C22H23F2N3O3S. The molecule has 1 aliphatic rings. The zero-order valence-corrected chi connectivity index (χ0v) is 17.7. The fraction of sp³-hybridized carbons (Fsp3) is 0.318. The van der Waals surface area contributed by atoms with Gasteiger partial charge in [-0.3, -0.25) is 9.69 Å². The Morgan fingerprint density at radius 1 is 0.968 bits per heavy atom. The largest absolute Gasteiger partial charge is 0.339 e. The third-order valence-corrected chi connectivity index (χ3v) is 6.95. The molecule has 0 radical (unpaired) electrons. The molecule has 1 aliphatic heterocycles. The Bertz CT molecular complexity index is 1040. The number of sulfonamides is 1. The SMILES string of the molecule is C#CCN(CC(=O)N1CCN(S(=O)(=O)c2ccc(F)cc2)CC1)Cc1ccc(F)cc1. The molecule has 1 fully saturated rings. The molecular weight excluding hydrogens is 424 g/mol. The Balaban J connectivity index is 1.57. The van der Waals surface area contributed by atoms with Gasteiger partial charge >= 0.3 is 0 Å². The lowest BCUT2D eigenvalue weighted by atomic mass is 10.2. The summed E-state index contributed by atoms with van der Waals surface area (Å²) in [4.78, 5) is 16.1. The predicted molar refractivity (Wildman–Crippen MR) is 112 cm³/mol. The van der Waals surface area contributed by atoms with Crippen LogP contribution in [-0.2, 0) is 21.4 Å². The van der Waals surface area contributed by atoms with E-state index in [1.54, 1.807) is 21.9 Å². The van der Waals surface area contributed by atoms with E-state index in [1.165, 1.54) is 28.6 Å². The van der Waals surface area contributed by atoms with Gasteiger partial charge in [-0.05, 0) is 42.0 Å². The van der Waals surface area contributed by atoms with Gasteiger partial charge in [0.15, 0.2) is 0 Å². The van der Waals surface area contributed by atoms with Crippen molar-refractivity contribution in [2.75, 3.05) is 39.3 Å². The summed E-state index contributed by atoms with van der Waals surface area (Å²) in [5, 5.41) is 0. The third-order valence-electron chi connectivity index (χ3n) is 5.04. The van der Waals surface area contributed by atoms with Gasteiger partial charge in [0.25, 0.3) is 0 Å². The van der Waals surface area contributed by atoms with Gasteiger partial charge < -0.3 is 4.90 Å². The summed E-state index contributed by atoms with van der Waals surface area (Å²) in [5.41, 5.74) is 0.833. The van der Waals surface area contributed by atoms with E-state index in [0.717, 1.165) is 17.7 Å². The topological polar surface area (TPSA) is 60.9 Å². The summed E-state index contributed by atoms with van der Waals surface area (Å²) in [6.45, 7) is 1.53. The summed E-state index contributed by atoms with van der Waals surface area (Å²) in [7, 11) is -3.74. The maximum atomic E-state index is 13.1. The number of nitrogens with zero attached hydrogens (tertiary/aromatic N) is 3. The first-order valence-electron chi connectivity index (χ1n) is 9.73. The predicted octanol–water partition coefficient (Wildman–Crippen LogP) is 1.93. The van der Waals surface area contributed by atoms with Crippen molar-refractivity contribution in [1.82, 2.24) is 14.1 Å². The van der Waals surface area contributed by atoms with E-state index in [1.807, 2.05) is 0 Å². The molecule has 9 heteroatoms. The minimum Gasteiger partial charge on any atom is -0.339 e. The zero-order valence-electron chi connectivity index (χ0n) is 16.9. The average Bonchev–Trinajstić information content (AvgIpc) is 2.76. The van der Waals surface area contributed by atoms with Gasteiger partial charge in [0.05, 0.1) is 18.0 Å². The third kappa shape index (κ3) is 5.88. The monoisotopic (exact) mass is 447 g/mol. The van der Waals surface area contributed by atoms with Crippen LogP contribution in [0.25, 0.3) is 0 Å². The van der Waals surface area contributed by atoms with Crippen molar-refractivity contribution < 1.29 is 22.0 Å². The van der Waals surface area contributed by atoms with Gasteiger partial charge in [-0.25, -0.2) is 17.2 Å². The van der Waals surface area contributed by atoms with Crippen molar-refractivity contribution >= 4 is 15.9 Å². The zero-order chi connectivity index (χ0) is 22.4. The number of amides is 1. The van der Waals surface area contributed by atoms with E-state index in [-0.39, 0.29) is 55.9 Å². The fourth-order valence-corrected chi connectivity index (χ4v) is 4.79. The summed E-state index contributed by atoms with van der Waals surface area (Å²) < 4.78 is 52.9. The number of carbonyl (C=O) groups is 1. The van der Waals surface area contributed by atoms with E-state index >= 15 is 0 Å². The summed E-state index contributed by atoms with van der Waals surface area (Å²) in [6.07, 6.45) is 5.42. The molecule has 6 nitrogen and oxygen atoms in total. The highest BCUT2D eigenvalue weighted by molar-refractivity contribution is 7.89. The molecule has 0 saturated carbocycles. The molecule has 2 aromatic rings. The van der Waals surface area contributed by atoms with E-state index in [9.17, 15) is 22.0 Å². The van der Waals surface area contributed by atoms with Crippen molar-refractivity contribution in [1.29, 1.82) is 0 Å². The van der Waals surface area contributed by atoms with Crippen molar-refractivity contribution in [2.45, 2.75) is 11.4 Å². The van der Waals surface area contributed by atoms with Gasteiger partial charge in [-0.2, -0.15) is 4.31 Å². The first-order chi connectivity index (χ1) is 14.8. The van der Waals surface area contributed by atoms with Gasteiger partial charge in [0, 0.05) is 32.7 Å². The molecule has 2 aromatic carbocycles. The highest BCUT2D eigenvalue weighted by Crippen LogP contribution is 2.18. The standard InChI is InChI=1S/C22H23F2N3O3S/c1-2-11-25(16-18-3-5-19(23)6-4-18)17-22(28)26-12-14-27(15-13-26)31(29,30)21-9-7-20(24)8-10-21/h1,3-10H,11-17H2. The lowest BCUT2D eigenvalue weighted by Crippen LogP contribution is -2.52. The molecule has 1 saturated heterocycles. The Morgan fingerprint density at radius 3 is 2.06 bits per heavy atom.